The summed E-state index contributed by atoms with van der Waals surface area (Å²) in [6, 6.07) is 6.96. The van der Waals surface area contributed by atoms with E-state index in [1.807, 2.05) is 0 Å². The topological polar surface area (TPSA) is 76.7 Å². The Morgan fingerprint density at radius 1 is 1.10 bits per heavy atom. The second-order valence-electron chi connectivity index (χ2n) is 4.08. The molecule has 1 rings (SSSR count). The summed E-state index contributed by atoms with van der Waals surface area (Å²) in [5, 5.41) is 5.42. The normalized spacial score (nSPS) is 10.1. The van der Waals surface area contributed by atoms with Crippen molar-refractivity contribution in [1.82, 2.24) is 0 Å². The molecular formula is C14H20N2O4. The van der Waals surface area contributed by atoms with Crippen LogP contribution in [0.25, 0.3) is 0 Å². The predicted octanol–water partition coefficient (Wildman–Crippen LogP) is 1.64. The molecule has 110 valence electrons. The van der Waals surface area contributed by atoms with Gasteiger partial charge in [-0.05, 0) is 18.2 Å². The summed E-state index contributed by atoms with van der Waals surface area (Å²) >= 11 is 0. The number of methoxy groups -OCH3 is 1. The van der Waals surface area contributed by atoms with Crippen molar-refractivity contribution in [2.24, 2.45) is 0 Å². The molecule has 0 aromatic heterocycles. The van der Waals surface area contributed by atoms with Crippen LogP contribution in [0.15, 0.2) is 24.3 Å². The summed E-state index contributed by atoms with van der Waals surface area (Å²) in [5.74, 6) is -0.323. The maximum Gasteiger partial charge on any atom is 0.250 e. The van der Waals surface area contributed by atoms with E-state index < -0.39 is 0 Å². The Morgan fingerprint density at radius 3 is 2.35 bits per heavy atom. The van der Waals surface area contributed by atoms with E-state index in [2.05, 4.69) is 10.6 Å². The standard InChI is InChI=1S/C14H20N2O4/c1-3-13(17)15-11-5-4-6-12(9-11)16-14(18)10-20-8-7-19-2/h4-6,9H,3,7-8,10H2,1-2H3,(H,15,17)(H,16,18). The maximum absolute atomic E-state index is 11.6. The first-order valence-corrected chi connectivity index (χ1v) is 6.42. The third-order valence-corrected chi connectivity index (χ3v) is 2.42. The van der Waals surface area contributed by atoms with Gasteiger partial charge in [0.25, 0.3) is 0 Å². The summed E-state index contributed by atoms with van der Waals surface area (Å²) in [5.41, 5.74) is 1.26. The number of carbonyl (C=O) groups is 2. The van der Waals surface area contributed by atoms with Gasteiger partial charge in [0.2, 0.25) is 11.8 Å². The van der Waals surface area contributed by atoms with Crippen LogP contribution >= 0.6 is 0 Å². The van der Waals surface area contributed by atoms with E-state index in [1.165, 1.54) is 0 Å². The molecule has 0 bridgehead atoms. The van der Waals surface area contributed by atoms with Crippen molar-refractivity contribution in [1.29, 1.82) is 0 Å². The zero-order valence-corrected chi connectivity index (χ0v) is 11.8. The molecule has 2 N–H and O–H groups in total. The van der Waals surface area contributed by atoms with E-state index in [0.717, 1.165) is 0 Å². The number of amides is 2. The van der Waals surface area contributed by atoms with Crippen LogP contribution in [0.3, 0.4) is 0 Å². The number of ether oxygens (including phenoxy) is 2. The van der Waals surface area contributed by atoms with Gasteiger partial charge in [-0.1, -0.05) is 13.0 Å². The molecule has 1 aromatic rings. The second kappa shape index (κ2) is 9.06. The molecule has 0 atom stereocenters. The van der Waals surface area contributed by atoms with Crippen LogP contribution in [-0.2, 0) is 19.1 Å². The first-order chi connectivity index (χ1) is 9.65. The first-order valence-electron chi connectivity index (χ1n) is 6.42. The highest BCUT2D eigenvalue weighted by Crippen LogP contribution is 2.15. The molecule has 6 heteroatoms. The SMILES string of the molecule is CCC(=O)Nc1cccc(NC(=O)COCCOC)c1. The third kappa shape index (κ3) is 6.31. The lowest BCUT2D eigenvalue weighted by Gasteiger charge is -2.08. The average Bonchev–Trinajstić information content (AvgIpc) is 2.44. The fraction of sp³-hybridized carbons (Fsp3) is 0.429. The minimum atomic E-state index is -0.250. The molecule has 0 aliphatic carbocycles. The molecule has 0 saturated carbocycles. The van der Waals surface area contributed by atoms with Crippen LogP contribution in [0, 0.1) is 0 Å². The molecule has 0 heterocycles. The van der Waals surface area contributed by atoms with Crippen LogP contribution in [0.1, 0.15) is 13.3 Å². The molecule has 0 radical (unpaired) electrons. The Hall–Kier alpha value is -1.92. The molecule has 0 aliphatic heterocycles. The van der Waals surface area contributed by atoms with Crippen molar-refractivity contribution in [3.63, 3.8) is 0 Å². The Kier molecular flexibility index (Phi) is 7.31. The van der Waals surface area contributed by atoms with Crippen molar-refractivity contribution >= 4 is 23.2 Å². The van der Waals surface area contributed by atoms with Crippen LogP contribution in [0.5, 0.6) is 0 Å². The van der Waals surface area contributed by atoms with Gasteiger partial charge in [-0.25, -0.2) is 0 Å². The zero-order chi connectivity index (χ0) is 14.8. The highest BCUT2D eigenvalue weighted by molar-refractivity contribution is 5.94. The Morgan fingerprint density at radius 2 is 1.75 bits per heavy atom. The van der Waals surface area contributed by atoms with Crippen molar-refractivity contribution in [3.8, 4) is 0 Å². The van der Waals surface area contributed by atoms with Crippen molar-refractivity contribution < 1.29 is 19.1 Å². The van der Waals surface area contributed by atoms with Gasteiger partial charge in [-0.15, -0.1) is 0 Å². The highest BCUT2D eigenvalue weighted by atomic mass is 16.5. The minimum absolute atomic E-state index is 0.0328. The van der Waals surface area contributed by atoms with Crippen LogP contribution in [0.4, 0.5) is 11.4 Å². The molecule has 6 nitrogen and oxygen atoms in total. The smallest absolute Gasteiger partial charge is 0.250 e. The molecule has 0 spiro atoms. The van der Waals surface area contributed by atoms with E-state index in [1.54, 1.807) is 38.3 Å². The van der Waals surface area contributed by atoms with Gasteiger partial charge in [0, 0.05) is 24.9 Å². The summed E-state index contributed by atoms with van der Waals surface area (Å²) in [6.07, 6.45) is 0.407. The van der Waals surface area contributed by atoms with Gasteiger partial charge in [0.1, 0.15) is 6.61 Å². The van der Waals surface area contributed by atoms with Crippen LogP contribution < -0.4 is 10.6 Å². The van der Waals surface area contributed by atoms with Gasteiger partial charge in [-0.2, -0.15) is 0 Å². The van der Waals surface area contributed by atoms with E-state index in [4.69, 9.17) is 9.47 Å². The minimum Gasteiger partial charge on any atom is -0.382 e. The second-order valence-corrected chi connectivity index (χ2v) is 4.08. The summed E-state index contributed by atoms with van der Waals surface area (Å²) < 4.78 is 9.92. The number of anilines is 2. The lowest BCUT2D eigenvalue weighted by Crippen LogP contribution is -2.19. The largest absolute Gasteiger partial charge is 0.382 e. The van der Waals surface area contributed by atoms with Crippen molar-refractivity contribution in [3.05, 3.63) is 24.3 Å². The molecule has 0 unspecified atom stereocenters. The highest BCUT2D eigenvalue weighted by Gasteiger charge is 2.04. The molecule has 20 heavy (non-hydrogen) atoms. The van der Waals surface area contributed by atoms with Gasteiger partial charge < -0.3 is 20.1 Å². The number of hydrogen-bond donors (Lipinski definition) is 2. The Labute approximate surface area is 118 Å². The summed E-state index contributed by atoms with van der Waals surface area (Å²) in [4.78, 5) is 22.9. The monoisotopic (exact) mass is 280 g/mol. The molecular weight excluding hydrogens is 260 g/mol. The first kappa shape index (κ1) is 16.1. The van der Waals surface area contributed by atoms with E-state index in [9.17, 15) is 9.59 Å². The average molecular weight is 280 g/mol. The summed E-state index contributed by atoms with van der Waals surface area (Å²) in [7, 11) is 1.57. The van der Waals surface area contributed by atoms with Gasteiger partial charge in [0.15, 0.2) is 0 Å². The summed E-state index contributed by atoms with van der Waals surface area (Å²) in [6.45, 7) is 2.57. The predicted molar refractivity (Wildman–Crippen MR) is 76.7 cm³/mol. The molecule has 1 aromatic carbocycles. The van der Waals surface area contributed by atoms with Gasteiger partial charge >= 0.3 is 0 Å². The number of nitrogens with one attached hydrogen (secondary N) is 2. The number of carbonyl (C=O) groups excluding carboxylic acids is 2. The Balaban J connectivity index is 2.45. The van der Waals surface area contributed by atoms with Gasteiger partial charge in [-0.3, -0.25) is 9.59 Å². The lowest BCUT2D eigenvalue weighted by atomic mass is 10.2. The molecule has 2 amide bonds. The molecule has 0 saturated heterocycles. The number of rotatable bonds is 8. The molecule has 0 aliphatic rings. The quantitative estimate of drug-likeness (QED) is 0.710. The van der Waals surface area contributed by atoms with Crippen LogP contribution in [0.2, 0.25) is 0 Å². The zero-order valence-electron chi connectivity index (χ0n) is 11.8. The van der Waals surface area contributed by atoms with Crippen molar-refractivity contribution in [2.45, 2.75) is 13.3 Å². The lowest BCUT2D eigenvalue weighted by molar-refractivity contribution is -0.121. The van der Waals surface area contributed by atoms with E-state index in [-0.39, 0.29) is 18.4 Å². The maximum atomic E-state index is 11.6. The fourth-order valence-electron chi connectivity index (χ4n) is 1.43. The van der Waals surface area contributed by atoms with E-state index >= 15 is 0 Å². The molecule has 0 fully saturated rings. The third-order valence-electron chi connectivity index (χ3n) is 2.42. The Bertz CT molecular complexity index is 449. The van der Waals surface area contributed by atoms with Gasteiger partial charge in [0.05, 0.1) is 13.2 Å². The number of hydrogen-bond acceptors (Lipinski definition) is 4. The fourth-order valence-corrected chi connectivity index (χ4v) is 1.43. The van der Waals surface area contributed by atoms with Crippen LogP contribution in [-0.4, -0.2) is 38.7 Å². The van der Waals surface area contributed by atoms with E-state index in [0.29, 0.717) is 31.0 Å². The van der Waals surface area contributed by atoms with Crippen molar-refractivity contribution in [2.75, 3.05) is 37.6 Å². The number of benzene rings is 1.